The minimum Gasteiger partial charge on any atom is -0.484 e. The summed E-state index contributed by atoms with van der Waals surface area (Å²) in [5.74, 6) is 1.21. The second kappa shape index (κ2) is 8.25. The maximum Gasteiger partial charge on any atom is 0.197 e. The molecule has 0 aliphatic carbocycles. The summed E-state index contributed by atoms with van der Waals surface area (Å²) in [6, 6.07) is 0.485. The van der Waals surface area contributed by atoms with Crippen LogP contribution in [-0.2, 0) is 0 Å². The minimum atomic E-state index is 0.111. The van der Waals surface area contributed by atoms with Gasteiger partial charge in [0.25, 0.3) is 0 Å². The second-order valence-corrected chi connectivity index (χ2v) is 5.94. The van der Waals surface area contributed by atoms with Crippen molar-refractivity contribution in [3.8, 4) is 5.75 Å². The summed E-state index contributed by atoms with van der Waals surface area (Å²) in [6.45, 7) is 8.44. The first-order valence-electron chi connectivity index (χ1n) is 7.26. The molecule has 0 spiro atoms. The fourth-order valence-electron chi connectivity index (χ4n) is 2.01. The number of aromatic nitrogens is 1. The molecule has 1 unspecified atom stereocenters. The highest BCUT2D eigenvalue weighted by molar-refractivity contribution is 7.11. The monoisotopic (exact) mass is 285 g/mol. The van der Waals surface area contributed by atoms with E-state index < -0.39 is 0 Å². The van der Waals surface area contributed by atoms with Gasteiger partial charge < -0.3 is 15.8 Å². The number of ether oxygens (including phenoxy) is 1. The first-order chi connectivity index (χ1) is 9.08. The summed E-state index contributed by atoms with van der Waals surface area (Å²) in [7, 11) is 0. The number of rotatable bonds is 9. The molecule has 0 aromatic carbocycles. The molecule has 19 heavy (non-hydrogen) atoms. The molecule has 0 saturated carbocycles. The van der Waals surface area contributed by atoms with Crippen molar-refractivity contribution in [2.75, 3.05) is 11.1 Å². The van der Waals surface area contributed by atoms with Crippen molar-refractivity contribution < 1.29 is 4.74 Å². The summed E-state index contributed by atoms with van der Waals surface area (Å²) in [6.07, 6.45) is 6.10. The molecule has 0 fully saturated rings. The fourth-order valence-corrected chi connectivity index (χ4v) is 2.74. The third-order valence-electron chi connectivity index (χ3n) is 2.91. The van der Waals surface area contributed by atoms with Crippen molar-refractivity contribution in [2.24, 2.45) is 0 Å². The Morgan fingerprint density at radius 1 is 1.26 bits per heavy atom. The molecule has 0 bridgehead atoms. The molecule has 0 saturated heterocycles. The molecule has 1 atom stereocenters. The fraction of sp³-hybridized carbons (Fsp3) is 0.786. The van der Waals surface area contributed by atoms with Crippen molar-refractivity contribution in [1.82, 2.24) is 4.37 Å². The van der Waals surface area contributed by atoms with Crippen LogP contribution in [-0.4, -0.2) is 16.5 Å². The van der Waals surface area contributed by atoms with Crippen LogP contribution in [0.15, 0.2) is 0 Å². The predicted molar refractivity (Wildman–Crippen MR) is 84.1 cm³/mol. The van der Waals surface area contributed by atoms with E-state index in [-0.39, 0.29) is 6.10 Å². The molecule has 1 rings (SSSR count). The van der Waals surface area contributed by atoms with Gasteiger partial charge >= 0.3 is 0 Å². The van der Waals surface area contributed by atoms with Gasteiger partial charge in [0.05, 0.1) is 6.10 Å². The Morgan fingerprint density at radius 3 is 2.58 bits per heavy atom. The van der Waals surface area contributed by atoms with Crippen LogP contribution in [0.2, 0.25) is 0 Å². The van der Waals surface area contributed by atoms with Crippen LogP contribution in [0.5, 0.6) is 5.75 Å². The van der Waals surface area contributed by atoms with E-state index >= 15 is 0 Å². The Balaban J connectivity index is 2.72. The largest absolute Gasteiger partial charge is 0.484 e. The first-order valence-corrected chi connectivity index (χ1v) is 8.04. The third-order valence-corrected chi connectivity index (χ3v) is 3.68. The Labute approximate surface area is 120 Å². The number of anilines is 2. The zero-order chi connectivity index (χ0) is 14.3. The highest BCUT2D eigenvalue weighted by Gasteiger charge is 2.17. The molecule has 0 radical (unpaired) electrons. The maximum atomic E-state index is 5.87. The van der Waals surface area contributed by atoms with E-state index in [4.69, 9.17) is 10.5 Å². The summed E-state index contributed by atoms with van der Waals surface area (Å²) < 4.78 is 9.96. The number of hydrogen-bond donors (Lipinski definition) is 2. The van der Waals surface area contributed by atoms with Gasteiger partial charge in [-0.1, -0.05) is 33.1 Å². The van der Waals surface area contributed by atoms with E-state index in [9.17, 15) is 0 Å². The van der Waals surface area contributed by atoms with Crippen molar-refractivity contribution in [1.29, 1.82) is 0 Å². The number of unbranched alkanes of at least 4 members (excludes halogenated alkanes) is 1. The Kier molecular flexibility index (Phi) is 6.99. The number of nitrogens with one attached hydrogen (secondary N) is 1. The number of nitrogens with zero attached hydrogens (tertiary/aromatic N) is 1. The van der Waals surface area contributed by atoms with E-state index in [1.165, 1.54) is 43.6 Å². The van der Waals surface area contributed by atoms with Crippen LogP contribution in [0.3, 0.4) is 0 Å². The molecule has 3 N–H and O–H groups in total. The summed E-state index contributed by atoms with van der Waals surface area (Å²) >= 11 is 1.39. The van der Waals surface area contributed by atoms with Gasteiger partial charge in [-0.2, -0.15) is 4.37 Å². The highest BCUT2D eigenvalue weighted by Crippen LogP contribution is 2.37. The molecular weight excluding hydrogens is 258 g/mol. The molecule has 4 nitrogen and oxygen atoms in total. The van der Waals surface area contributed by atoms with Gasteiger partial charge in [0.2, 0.25) is 0 Å². The molecule has 1 aromatic rings. The van der Waals surface area contributed by atoms with Crippen LogP contribution in [0.4, 0.5) is 10.8 Å². The van der Waals surface area contributed by atoms with Gasteiger partial charge in [-0.15, -0.1) is 0 Å². The lowest BCUT2D eigenvalue weighted by molar-refractivity contribution is 0.245. The van der Waals surface area contributed by atoms with Crippen LogP contribution < -0.4 is 15.8 Å². The highest BCUT2D eigenvalue weighted by atomic mass is 32.1. The predicted octanol–water partition coefficient (Wildman–Crippen LogP) is 4.28. The smallest absolute Gasteiger partial charge is 0.197 e. The average Bonchev–Trinajstić information content (AvgIpc) is 2.68. The van der Waals surface area contributed by atoms with Gasteiger partial charge in [0.1, 0.15) is 0 Å². The Bertz CT molecular complexity index is 366. The van der Waals surface area contributed by atoms with Crippen LogP contribution in [0.1, 0.15) is 59.8 Å². The van der Waals surface area contributed by atoms with Crippen molar-refractivity contribution in [3.05, 3.63) is 0 Å². The van der Waals surface area contributed by atoms with E-state index in [1.807, 2.05) is 13.8 Å². The van der Waals surface area contributed by atoms with E-state index in [2.05, 4.69) is 23.5 Å². The van der Waals surface area contributed by atoms with E-state index in [1.54, 1.807) is 0 Å². The lowest BCUT2D eigenvalue weighted by Crippen LogP contribution is -2.19. The zero-order valence-electron chi connectivity index (χ0n) is 12.5. The molecule has 1 heterocycles. The molecule has 0 amide bonds. The molecule has 110 valence electrons. The number of nitrogen functional groups attached to an aromatic ring is 1. The average molecular weight is 285 g/mol. The third kappa shape index (κ3) is 5.27. The second-order valence-electron chi connectivity index (χ2n) is 5.16. The SMILES string of the molecule is CCCCC(CCC)Nc1snc(N)c1OC(C)C. The van der Waals surface area contributed by atoms with E-state index in [0.29, 0.717) is 11.9 Å². The van der Waals surface area contributed by atoms with Crippen LogP contribution in [0.25, 0.3) is 0 Å². The van der Waals surface area contributed by atoms with Gasteiger partial charge in [-0.05, 0) is 38.2 Å². The van der Waals surface area contributed by atoms with Gasteiger partial charge in [-0.25, -0.2) is 0 Å². The Morgan fingerprint density at radius 2 is 2.00 bits per heavy atom. The van der Waals surface area contributed by atoms with Crippen LogP contribution >= 0.6 is 11.5 Å². The summed E-state index contributed by atoms with van der Waals surface area (Å²) in [5.41, 5.74) is 5.87. The molecule has 5 heteroatoms. The van der Waals surface area contributed by atoms with Crippen molar-refractivity contribution in [3.63, 3.8) is 0 Å². The Hall–Kier alpha value is -0.970. The first kappa shape index (κ1) is 16.1. The number of nitrogens with two attached hydrogens (primary N) is 1. The van der Waals surface area contributed by atoms with Gasteiger partial charge in [0.15, 0.2) is 16.6 Å². The standard InChI is InChI=1S/C14H27N3OS/c1-5-7-9-11(8-6-2)16-14-12(18-10(3)4)13(15)17-19-14/h10-11,16H,5-9H2,1-4H3,(H2,15,17). The molecule has 0 aliphatic heterocycles. The topological polar surface area (TPSA) is 60.2 Å². The quantitative estimate of drug-likeness (QED) is 0.711. The van der Waals surface area contributed by atoms with Gasteiger partial charge in [-0.3, -0.25) is 0 Å². The number of hydrogen-bond acceptors (Lipinski definition) is 5. The van der Waals surface area contributed by atoms with Crippen LogP contribution in [0, 0.1) is 0 Å². The van der Waals surface area contributed by atoms with Crippen molar-refractivity contribution >= 4 is 22.4 Å². The van der Waals surface area contributed by atoms with Crippen molar-refractivity contribution in [2.45, 2.75) is 71.9 Å². The minimum absolute atomic E-state index is 0.111. The molecule has 0 aliphatic rings. The summed E-state index contributed by atoms with van der Waals surface area (Å²) in [4.78, 5) is 0. The molecule has 1 aromatic heterocycles. The molecular formula is C14H27N3OS. The lowest BCUT2D eigenvalue weighted by Gasteiger charge is -2.19. The summed E-state index contributed by atoms with van der Waals surface area (Å²) in [5, 5.41) is 4.53. The van der Waals surface area contributed by atoms with Gasteiger partial charge in [0, 0.05) is 6.04 Å². The zero-order valence-corrected chi connectivity index (χ0v) is 13.3. The maximum absolute atomic E-state index is 5.87. The van der Waals surface area contributed by atoms with E-state index in [0.717, 1.165) is 10.8 Å². The lowest BCUT2D eigenvalue weighted by atomic mass is 10.1. The normalized spacial score (nSPS) is 12.7.